The fourth-order valence-corrected chi connectivity index (χ4v) is 4.05. The topological polar surface area (TPSA) is 55.4 Å². The van der Waals surface area contributed by atoms with E-state index in [2.05, 4.69) is 27.3 Å². The molecule has 0 saturated heterocycles. The van der Waals surface area contributed by atoms with Crippen LogP contribution in [0.4, 0.5) is 5.69 Å². The van der Waals surface area contributed by atoms with Crippen molar-refractivity contribution < 1.29 is 13.2 Å². The summed E-state index contributed by atoms with van der Waals surface area (Å²) < 4.78 is 34.0. The Kier molecular flexibility index (Phi) is 4.77. The first kappa shape index (κ1) is 16.1. The second-order valence-electron chi connectivity index (χ2n) is 4.70. The molecule has 112 valence electrons. The predicted octanol–water partition coefficient (Wildman–Crippen LogP) is 3.72. The number of methoxy groups -OCH3 is 1. The third-order valence-electron chi connectivity index (χ3n) is 3.03. The van der Waals surface area contributed by atoms with Crippen LogP contribution in [0.15, 0.2) is 41.3 Å². The van der Waals surface area contributed by atoms with E-state index in [-0.39, 0.29) is 0 Å². The molecule has 6 heteroatoms. The molecule has 21 heavy (non-hydrogen) atoms. The summed E-state index contributed by atoms with van der Waals surface area (Å²) in [4.78, 5) is 0.293. The molecule has 0 aliphatic heterocycles. The van der Waals surface area contributed by atoms with Crippen molar-refractivity contribution in [3.8, 4) is 5.75 Å². The monoisotopic (exact) mass is 417 g/mol. The van der Waals surface area contributed by atoms with Crippen molar-refractivity contribution in [2.24, 2.45) is 0 Å². The molecule has 0 aromatic heterocycles. The molecule has 4 nitrogen and oxygen atoms in total. The summed E-state index contributed by atoms with van der Waals surface area (Å²) in [6.45, 7) is 3.52. The average Bonchev–Trinajstić information content (AvgIpc) is 2.39. The lowest BCUT2D eigenvalue weighted by atomic mass is 10.1. The number of hydrogen-bond acceptors (Lipinski definition) is 3. The minimum absolute atomic E-state index is 0.293. The summed E-state index contributed by atoms with van der Waals surface area (Å²) in [6.07, 6.45) is 0. The summed E-state index contributed by atoms with van der Waals surface area (Å²) >= 11 is 2.17. The van der Waals surface area contributed by atoms with Crippen LogP contribution in [-0.2, 0) is 10.0 Å². The molecule has 0 bridgehead atoms. The number of nitrogens with one attached hydrogen (secondary N) is 1. The number of aryl methyl sites for hydroxylation is 2. The van der Waals surface area contributed by atoms with Crippen LogP contribution < -0.4 is 9.46 Å². The molecule has 0 fully saturated rings. The third-order valence-corrected chi connectivity index (χ3v) is 5.44. The lowest BCUT2D eigenvalue weighted by Crippen LogP contribution is -2.15. The summed E-state index contributed by atoms with van der Waals surface area (Å²) in [5.74, 6) is 0.651. The maximum atomic E-state index is 12.6. The van der Waals surface area contributed by atoms with E-state index >= 15 is 0 Å². The Balaban J connectivity index is 2.42. The minimum Gasteiger partial charge on any atom is -0.497 e. The highest BCUT2D eigenvalue weighted by molar-refractivity contribution is 14.1. The highest BCUT2D eigenvalue weighted by atomic mass is 127. The van der Waals surface area contributed by atoms with E-state index in [0.29, 0.717) is 27.5 Å². The van der Waals surface area contributed by atoms with Crippen LogP contribution in [0, 0.1) is 17.4 Å². The van der Waals surface area contributed by atoms with Crippen LogP contribution >= 0.6 is 22.6 Å². The Hall–Kier alpha value is -1.28. The zero-order chi connectivity index (χ0) is 15.6. The average molecular weight is 417 g/mol. The summed E-state index contributed by atoms with van der Waals surface area (Å²) in [5, 5.41) is 0. The van der Waals surface area contributed by atoms with Gasteiger partial charge < -0.3 is 4.74 Å². The van der Waals surface area contributed by atoms with E-state index in [9.17, 15) is 8.42 Å². The Morgan fingerprint density at radius 3 is 2.05 bits per heavy atom. The van der Waals surface area contributed by atoms with E-state index in [1.54, 1.807) is 45.2 Å². The summed E-state index contributed by atoms with van der Waals surface area (Å²) in [6, 6.07) is 10.6. The maximum absolute atomic E-state index is 12.6. The Labute approximate surface area is 138 Å². The van der Waals surface area contributed by atoms with Crippen molar-refractivity contribution in [2.45, 2.75) is 18.7 Å². The van der Waals surface area contributed by atoms with E-state index in [1.165, 1.54) is 0 Å². The van der Waals surface area contributed by atoms with Crippen LogP contribution in [0.2, 0.25) is 0 Å². The molecule has 0 aliphatic carbocycles. The van der Waals surface area contributed by atoms with Gasteiger partial charge in [-0.15, -0.1) is 0 Å². The van der Waals surface area contributed by atoms with Gasteiger partial charge in [0.2, 0.25) is 0 Å². The van der Waals surface area contributed by atoms with Crippen molar-refractivity contribution >= 4 is 38.3 Å². The molecule has 0 unspecified atom stereocenters. The van der Waals surface area contributed by atoms with E-state index in [1.807, 2.05) is 12.1 Å². The molecule has 0 spiro atoms. The van der Waals surface area contributed by atoms with Crippen LogP contribution in [0.1, 0.15) is 11.1 Å². The molecule has 0 radical (unpaired) electrons. The number of halogens is 1. The van der Waals surface area contributed by atoms with Gasteiger partial charge in [-0.1, -0.05) is 0 Å². The van der Waals surface area contributed by atoms with Gasteiger partial charge in [0, 0.05) is 9.26 Å². The van der Waals surface area contributed by atoms with Crippen LogP contribution in [0.25, 0.3) is 0 Å². The second-order valence-corrected chi connectivity index (χ2v) is 7.57. The van der Waals surface area contributed by atoms with E-state index in [4.69, 9.17) is 4.74 Å². The van der Waals surface area contributed by atoms with E-state index < -0.39 is 10.0 Å². The Bertz CT molecular complexity index is 732. The zero-order valence-electron chi connectivity index (χ0n) is 12.0. The number of sulfonamides is 1. The van der Waals surface area contributed by atoms with Gasteiger partial charge in [0.25, 0.3) is 10.0 Å². The fourth-order valence-electron chi connectivity index (χ4n) is 2.18. The second kappa shape index (κ2) is 6.23. The van der Waals surface area contributed by atoms with Crippen LogP contribution in [0.3, 0.4) is 0 Å². The standard InChI is InChI=1S/C15H16INO3S/c1-10-8-14(20-3)9-11(2)15(10)21(18,19)17-13-6-4-12(16)5-7-13/h4-9,17H,1-3H3. The van der Waals surface area contributed by atoms with Crippen molar-refractivity contribution in [2.75, 3.05) is 11.8 Å². The highest BCUT2D eigenvalue weighted by Crippen LogP contribution is 2.27. The summed E-state index contributed by atoms with van der Waals surface area (Å²) in [7, 11) is -2.06. The number of anilines is 1. The highest BCUT2D eigenvalue weighted by Gasteiger charge is 2.20. The molecule has 0 aliphatic rings. The zero-order valence-corrected chi connectivity index (χ0v) is 14.9. The number of ether oxygens (including phenoxy) is 1. The van der Waals surface area contributed by atoms with Gasteiger partial charge in [-0.3, -0.25) is 4.72 Å². The third kappa shape index (κ3) is 3.68. The van der Waals surface area contributed by atoms with E-state index in [0.717, 1.165) is 3.57 Å². The molecule has 0 saturated carbocycles. The molecular formula is C15H16INO3S. The minimum atomic E-state index is -3.62. The Morgan fingerprint density at radius 1 is 1.05 bits per heavy atom. The lowest BCUT2D eigenvalue weighted by Gasteiger charge is -2.14. The quantitative estimate of drug-likeness (QED) is 0.772. The lowest BCUT2D eigenvalue weighted by molar-refractivity contribution is 0.413. The molecule has 1 N–H and O–H groups in total. The van der Waals surface area contributed by atoms with Gasteiger partial charge in [-0.2, -0.15) is 0 Å². The molecule has 2 rings (SSSR count). The van der Waals surface area contributed by atoms with Gasteiger partial charge in [0.15, 0.2) is 0 Å². The molecule has 2 aromatic rings. The molecule has 2 aromatic carbocycles. The normalized spacial score (nSPS) is 11.2. The van der Waals surface area contributed by atoms with Gasteiger partial charge >= 0.3 is 0 Å². The van der Waals surface area contributed by atoms with Gasteiger partial charge in [-0.25, -0.2) is 8.42 Å². The van der Waals surface area contributed by atoms with Crippen molar-refractivity contribution in [1.29, 1.82) is 0 Å². The smallest absolute Gasteiger partial charge is 0.262 e. The first-order valence-electron chi connectivity index (χ1n) is 6.27. The number of benzene rings is 2. The molecule has 0 atom stereocenters. The summed E-state index contributed by atoms with van der Waals surface area (Å²) in [5.41, 5.74) is 1.86. The molecule has 0 heterocycles. The number of rotatable bonds is 4. The van der Waals surface area contributed by atoms with Crippen LogP contribution in [-0.4, -0.2) is 15.5 Å². The van der Waals surface area contributed by atoms with Crippen molar-refractivity contribution in [3.05, 3.63) is 51.1 Å². The maximum Gasteiger partial charge on any atom is 0.262 e. The van der Waals surface area contributed by atoms with Crippen molar-refractivity contribution in [3.63, 3.8) is 0 Å². The largest absolute Gasteiger partial charge is 0.497 e. The first-order valence-corrected chi connectivity index (χ1v) is 8.83. The van der Waals surface area contributed by atoms with Gasteiger partial charge in [-0.05, 0) is 84.0 Å². The van der Waals surface area contributed by atoms with Gasteiger partial charge in [0.1, 0.15) is 5.75 Å². The first-order chi connectivity index (χ1) is 9.83. The number of hydrogen-bond donors (Lipinski definition) is 1. The molecular weight excluding hydrogens is 401 g/mol. The SMILES string of the molecule is COc1cc(C)c(S(=O)(=O)Nc2ccc(I)cc2)c(C)c1. The Morgan fingerprint density at radius 2 is 1.57 bits per heavy atom. The molecule has 0 amide bonds. The predicted molar refractivity (Wildman–Crippen MR) is 92.4 cm³/mol. The fraction of sp³-hybridized carbons (Fsp3) is 0.200. The van der Waals surface area contributed by atoms with Crippen LogP contribution in [0.5, 0.6) is 5.75 Å². The van der Waals surface area contributed by atoms with Crippen molar-refractivity contribution in [1.82, 2.24) is 0 Å². The van der Waals surface area contributed by atoms with Gasteiger partial charge in [0.05, 0.1) is 12.0 Å².